The fourth-order valence-corrected chi connectivity index (χ4v) is 1.98. The molecule has 2 aliphatic rings. The zero-order valence-electron chi connectivity index (χ0n) is 15.9. The largest absolute Gasteiger partial charge is 4.00 e. The molecule has 0 spiro atoms. The number of allylic oxidation sites excluding steroid dienone is 8. The molecule has 2 aliphatic carbocycles. The molecule has 0 N–H and O–H groups in total. The summed E-state index contributed by atoms with van der Waals surface area (Å²) >= 11 is 0. The van der Waals surface area contributed by atoms with Crippen LogP contribution in [0, 0.1) is 26.0 Å². The second-order valence-corrected chi connectivity index (χ2v) is 4.82. The number of hydrogen-bond acceptors (Lipinski definition) is 0. The Labute approximate surface area is 166 Å². The summed E-state index contributed by atoms with van der Waals surface area (Å²) in [6.45, 7) is 14.4. The van der Waals surface area contributed by atoms with Crippen molar-refractivity contribution in [3.05, 3.63) is 61.4 Å². The van der Waals surface area contributed by atoms with Gasteiger partial charge in [0.05, 0.1) is 0 Å². The molecular formula is C22H36Zr. The van der Waals surface area contributed by atoms with Crippen molar-refractivity contribution in [3.63, 3.8) is 0 Å². The van der Waals surface area contributed by atoms with Crippen molar-refractivity contribution in [2.24, 2.45) is 0 Å². The molecule has 0 unspecified atom stereocenters. The molecule has 0 amide bonds. The molecule has 0 heterocycles. The third-order valence-corrected chi connectivity index (χ3v) is 3.13. The minimum Gasteiger partial charge on any atom is -0.346 e. The van der Waals surface area contributed by atoms with Gasteiger partial charge >= 0.3 is 26.2 Å². The van der Waals surface area contributed by atoms with E-state index in [-0.39, 0.29) is 26.2 Å². The van der Waals surface area contributed by atoms with Crippen LogP contribution in [0.3, 0.4) is 0 Å². The topological polar surface area (TPSA) is 0 Å². The van der Waals surface area contributed by atoms with Crippen LogP contribution in [-0.4, -0.2) is 0 Å². The average molecular weight is 392 g/mol. The average Bonchev–Trinajstić information content (AvgIpc) is 3.29. The van der Waals surface area contributed by atoms with E-state index in [4.69, 9.17) is 0 Å². The van der Waals surface area contributed by atoms with Gasteiger partial charge in [-0.05, 0) is 0 Å². The summed E-state index contributed by atoms with van der Waals surface area (Å²) in [5.41, 5.74) is 2.83. The van der Waals surface area contributed by atoms with Gasteiger partial charge in [-0.2, -0.15) is 26.0 Å². The molecule has 0 atom stereocenters. The smallest absolute Gasteiger partial charge is 0.346 e. The summed E-state index contributed by atoms with van der Waals surface area (Å²) < 4.78 is 0. The van der Waals surface area contributed by atoms with E-state index >= 15 is 0 Å². The minimum absolute atomic E-state index is 0. The van der Waals surface area contributed by atoms with Crippen LogP contribution < -0.4 is 0 Å². The molecule has 0 saturated carbocycles. The van der Waals surface area contributed by atoms with Crippen LogP contribution in [0.2, 0.25) is 0 Å². The van der Waals surface area contributed by atoms with E-state index in [1.807, 2.05) is 0 Å². The molecule has 23 heavy (non-hydrogen) atoms. The Hall–Kier alpha value is -0.157. The van der Waals surface area contributed by atoms with Gasteiger partial charge in [-0.15, -0.1) is 12.8 Å². The molecule has 0 aromatic heterocycles. The van der Waals surface area contributed by atoms with Gasteiger partial charge in [0, 0.05) is 0 Å². The first kappa shape index (κ1) is 27.7. The van der Waals surface area contributed by atoms with Gasteiger partial charge in [-0.1, -0.05) is 52.4 Å². The van der Waals surface area contributed by atoms with Crippen molar-refractivity contribution in [1.82, 2.24) is 0 Å². The summed E-state index contributed by atoms with van der Waals surface area (Å²) in [5, 5.41) is 0. The molecule has 0 aliphatic heterocycles. The van der Waals surface area contributed by atoms with Gasteiger partial charge in [0.2, 0.25) is 0 Å². The van der Waals surface area contributed by atoms with Gasteiger partial charge in [0.15, 0.2) is 0 Å². The Balaban J connectivity index is -0.000000276. The Kier molecular flexibility index (Phi) is 29.0. The van der Waals surface area contributed by atoms with Gasteiger partial charge < -0.3 is 13.8 Å². The second kappa shape index (κ2) is 24.1. The van der Waals surface area contributed by atoms with Crippen LogP contribution in [0.25, 0.3) is 0 Å². The Morgan fingerprint density at radius 2 is 1.13 bits per heavy atom. The maximum absolute atomic E-state index is 3.30. The third-order valence-electron chi connectivity index (χ3n) is 3.13. The van der Waals surface area contributed by atoms with Crippen molar-refractivity contribution >= 4 is 0 Å². The SMILES string of the molecule is CCCCC1=[C-]CC=C1.CCCCC1=[C-]CC=C1.[CH2-]C.[CH2-]C.[Zr+4]. The monoisotopic (exact) mass is 390 g/mol. The first-order valence-electron chi connectivity index (χ1n) is 8.80. The normalized spacial score (nSPS) is 13.3. The molecule has 2 rings (SSSR count). The van der Waals surface area contributed by atoms with E-state index in [0.717, 1.165) is 12.8 Å². The third kappa shape index (κ3) is 18.0. The summed E-state index contributed by atoms with van der Waals surface area (Å²) in [6, 6.07) is 0. The number of rotatable bonds is 6. The van der Waals surface area contributed by atoms with Gasteiger partial charge in [-0.25, -0.2) is 23.3 Å². The van der Waals surface area contributed by atoms with E-state index in [0.29, 0.717) is 0 Å². The van der Waals surface area contributed by atoms with Crippen molar-refractivity contribution in [2.45, 2.75) is 79.1 Å². The maximum Gasteiger partial charge on any atom is 4.00 e. The molecule has 0 aromatic rings. The standard InChI is InChI=1S/2C9H13.2C2H5.Zr/c2*1-2-3-6-9-7-4-5-8-9;2*1-2;/h2*4,7H,2-3,5-6H2,1H3;2*1H2,2H3;/q4*-1;+4. The first-order chi connectivity index (χ1) is 10.9. The van der Waals surface area contributed by atoms with Crippen molar-refractivity contribution in [3.8, 4) is 0 Å². The summed E-state index contributed by atoms with van der Waals surface area (Å²) in [6.07, 6.45) is 25.1. The van der Waals surface area contributed by atoms with Crippen LogP contribution in [0.1, 0.15) is 79.1 Å². The number of unbranched alkanes of at least 4 members (excludes halogenated alkanes) is 2. The van der Waals surface area contributed by atoms with Crippen molar-refractivity contribution < 1.29 is 26.2 Å². The van der Waals surface area contributed by atoms with E-state index in [9.17, 15) is 0 Å². The van der Waals surface area contributed by atoms with Gasteiger partial charge in [0.1, 0.15) is 0 Å². The van der Waals surface area contributed by atoms with Gasteiger partial charge in [0.25, 0.3) is 0 Å². The van der Waals surface area contributed by atoms with Crippen LogP contribution in [0.4, 0.5) is 0 Å². The molecule has 0 bridgehead atoms. The predicted molar refractivity (Wildman–Crippen MR) is 102 cm³/mol. The first-order valence-corrected chi connectivity index (χ1v) is 8.80. The Morgan fingerprint density at radius 3 is 1.35 bits per heavy atom. The zero-order chi connectivity index (χ0) is 17.1. The summed E-state index contributed by atoms with van der Waals surface area (Å²) in [7, 11) is 0. The Bertz CT molecular complexity index is 298. The van der Waals surface area contributed by atoms with E-state index in [1.165, 1.54) is 49.7 Å². The van der Waals surface area contributed by atoms with Crippen LogP contribution in [-0.2, 0) is 26.2 Å². The Morgan fingerprint density at radius 1 is 0.783 bits per heavy atom. The molecule has 0 radical (unpaired) electrons. The number of hydrogen-bond donors (Lipinski definition) is 0. The van der Waals surface area contributed by atoms with E-state index in [1.54, 1.807) is 13.8 Å². The predicted octanol–water partition coefficient (Wildman–Crippen LogP) is 7.41. The second-order valence-electron chi connectivity index (χ2n) is 4.82. The molecule has 0 nitrogen and oxygen atoms in total. The van der Waals surface area contributed by atoms with Crippen molar-refractivity contribution in [2.75, 3.05) is 0 Å². The molecular weight excluding hydrogens is 355 g/mol. The van der Waals surface area contributed by atoms with Crippen LogP contribution in [0.5, 0.6) is 0 Å². The molecule has 0 aromatic carbocycles. The van der Waals surface area contributed by atoms with E-state index < -0.39 is 0 Å². The molecule has 128 valence electrons. The fraction of sp³-hybridized carbons (Fsp3) is 0.545. The quantitative estimate of drug-likeness (QED) is 0.413. The van der Waals surface area contributed by atoms with Gasteiger partial charge in [-0.3, -0.25) is 12.2 Å². The fourth-order valence-electron chi connectivity index (χ4n) is 1.98. The molecule has 1 heteroatoms. The van der Waals surface area contributed by atoms with Crippen LogP contribution in [0.15, 0.2) is 35.5 Å². The molecule has 0 saturated heterocycles. The minimum atomic E-state index is 0. The summed E-state index contributed by atoms with van der Waals surface area (Å²) in [4.78, 5) is 0. The summed E-state index contributed by atoms with van der Waals surface area (Å²) in [5.74, 6) is 0. The zero-order valence-corrected chi connectivity index (χ0v) is 18.3. The maximum atomic E-state index is 3.30. The van der Waals surface area contributed by atoms with Crippen LogP contribution >= 0.6 is 0 Å². The van der Waals surface area contributed by atoms with Crippen molar-refractivity contribution in [1.29, 1.82) is 0 Å². The van der Waals surface area contributed by atoms with E-state index in [2.05, 4.69) is 64.2 Å². The molecule has 0 fully saturated rings.